The van der Waals surface area contributed by atoms with Crippen LogP contribution in [-0.4, -0.2) is 11.5 Å². The predicted molar refractivity (Wildman–Crippen MR) is 57.3 cm³/mol. The Bertz CT molecular complexity index is 357. The highest BCUT2D eigenvalue weighted by Crippen LogP contribution is 2.35. The van der Waals surface area contributed by atoms with E-state index in [4.69, 9.17) is 16.3 Å². The predicted octanol–water partition coefficient (Wildman–Crippen LogP) is 3.88. The summed E-state index contributed by atoms with van der Waals surface area (Å²) in [6.07, 6.45) is 1.33. The SMILES string of the molecule is Fc1cc(F)c(OC2CC(Cl)C2)c(Br)c1. The molecular formula is C10H8BrClF2O. The van der Waals surface area contributed by atoms with Crippen LogP contribution in [0, 0.1) is 11.6 Å². The van der Waals surface area contributed by atoms with Crippen molar-refractivity contribution in [2.75, 3.05) is 0 Å². The van der Waals surface area contributed by atoms with Crippen molar-refractivity contribution in [1.29, 1.82) is 0 Å². The molecule has 15 heavy (non-hydrogen) atoms. The third kappa shape index (κ3) is 2.42. The van der Waals surface area contributed by atoms with Gasteiger partial charge in [-0.25, -0.2) is 8.78 Å². The van der Waals surface area contributed by atoms with Crippen LogP contribution in [0.15, 0.2) is 16.6 Å². The van der Waals surface area contributed by atoms with Crippen molar-refractivity contribution in [1.82, 2.24) is 0 Å². The van der Waals surface area contributed by atoms with Crippen LogP contribution in [0.1, 0.15) is 12.8 Å². The van der Waals surface area contributed by atoms with Crippen molar-refractivity contribution >= 4 is 27.5 Å². The minimum Gasteiger partial charge on any atom is -0.486 e. The first-order valence-electron chi connectivity index (χ1n) is 4.51. The Morgan fingerprint density at radius 2 is 2.00 bits per heavy atom. The molecule has 0 spiro atoms. The molecule has 1 nitrogen and oxygen atoms in total. The molecule has 0 N–H and O–H groups in total. The lowest BCUT2D eigenvalue weighted by molar-refractivity contribution is 0.117. The summed E-state index contributed by atoms with van der Waals surface area (Å²) in [5.74, 6) is -1.26. The van der Waals surface area contributed by atoms with E-state index in [1.807, 2.05) is 0 Å². The number of benzene rings is 1. The summed E-state index contributed by atoms with van der Waals surface area (Å²) in [7, 11) is 0. The molecule has 0 heterocycles. The van der Waals surface area contributed by atoms with Crippen LogP contribution in [0.2, 0.25) is 0 Å². The minimum atomic E-state index is -0.695. The molecule has 0 atom stereocenters. The second-order valence-corrected chi connectivity index (χ2v) is 4.98. The molecule has 0 bridgehead atoms. The van der Waals surface area contributed by atoms with Crippen molar-refractivity contribution in [2.45, 2.75) is 24.3 Å². The molecule has 0 saturated heterocycles. The van der Waals surface area contributed by atoms with Gasteiger partial charge in [-0.3, -0.25) is 0 Å². The zero-order valence-corrected chi connectivity index (χ0v) is 9.99. The largest absolute Gasteiger partial charge is 0.486 e. The number of rotatable bonds is 2. The molecule has 0 unspecified atom stereocenters. The fourth-order valence-corrected chi connectivity index (χ4v) is 2.30. The lowest BCUT2D eigenvalue weighted by atomic mass is 9.95. The van der Waals surface area contributed by atoms with E-state index in [0.29, 0.717) is 12.8 Å². The standard InChI is InChI=1S/C10H8BrClF2O/c11-8-3-6(13)4-9(14)10(8)15-7-1-5(12)2-7/h3-5,7H,1-2H2. The zero-order chi connectivity index (χ0) is 11.0. The van der Waals surface area contributed by atoms with E-state index in [2.05, 4.69) is 15.9 Å². The first-order chi connectivity index (χ1) is 7.06. The molecule has 2 rings (SSSR count). The van der Waals surface area contributed by atoms with Gasteiger partial charge in [0.1, 0.15) is 11.9 Å². The lowest BCUT2D eigenvalue weighted by Gasteiger charge is -2.31. The molecule has 0 aromatic heterocycles. The first-order valence-corrected chi connectivity index (χ1v) is 5.74. The van der Waals surface area contributed by atoms with Crippen molar-refractivity contribution in [3.63, 3.8) is 0 Å². The fraction of sp³-hybridized carbons (Fsp3) is 0.400. The Labute approximate surface area is 99.5 Å². The van der Waals surface area contributed by atoms with Gasteiger partial charge in [0.15, 0.2) is 11.6 Å². The smallest absolute Gasteiger partial charge is 0.169 e. The summed E-state index contributed by atoms with van der Waals surface area (Å²) in [6, 6.07) is 1.98. The van der Waals surface area contributed by atoms with Crippen molar-refractivity contribution in [3.05, 3.63) is 28.2 Å². The summed E-state index contributed by atoms with van der Waals surface area (Å²) in [6.45, 7) is 0. The summed E-state index contributed by atoms with van der Waals surface area (Å²) in [5.41, 5.74) is 0. The maximum atomic E-state index is 13.3. The van der Waals surface area contributed by atoms with Crippen LogP contribution in [0.5, 0.6) is 5.75 Å². The summed E-state index contributed by atoms with van der Waals surface area (Å²) < 4.78 is 31.7. The van der Waals surface area contributed by atoms with E-state index in [1.165, 1.54) is 6.07 Å². The van der Waals surface area contributed by atoms with Gasteiger partial charge in [-0.2, -0.15) is 0 Å². The van der Waals surface area contributed by atoms with Gasteiger partial charge in [-0.15, -0.1) is 11.6 Å². The highest BCUT2D eigenvalue weighted by atomic mass is 79.9. The van der Waals surface area contributed by atoms with Gasteiger partial charge in [0.25, 0.3) is 0 Å². The normalized spacial score (nSPS) is 24.8. The molecule has 1 aromatic carbocycles. The van der Waals surface area contributed by atoms with E-state index in [0.717, 1.165) is 6.07 Å². The van der Waals surface area contributed by atoms with Crippen molar-refractivity contribution < 1.29 is 13.5 Å². The molecule has 0 radical (unpaired) electrons. The van der Waals surface area contributed by atoms with Crippen LogP contribution >= 0.6 is 27.5 Å². The summed E-state index contributed by atoms with van der Waals surface area (Å²) in [5, 5.41) is 0.109. The van der Waals surface area contributed by atoms with Crippen molar-refractivity contribution in [3.8, 4) is 5.75 Å². The highest BCUT2D eigenvalue weighted by molar-refractivity contribution is 9.10. The number of halogens is 4. The Morgan fingerprint density at radius 1 is 1.33 bits per heavy atom. The lowest BCUT2D eigenvalue weighted by Crippen LogP contribution is -2.34. The van der Waals surface area contributed by atoms with Gasteiger partial charge in [0.2, 0.25) is 0 Å². The first kappa shape index (κ1) is 11.1. The van der Waals surface area contributed by atoms with Gasteiger partial charge in [-0.1, -0.05) is 0 Å². The maximum Gasteiger partial charge on any atom is 0.169 e. The zero-order valence-electron chi connectivity index (χ0n) is 7.64. The third-order valence-electron chi connectivity index (χ3n) is 2.28. The average molecular weight is 298 g/mol. The Balaban J connectivity index is 2.14. The number of hydrogen-bond acceptors (Lipinski definition) is 1. The Hall–Kier alpha value is -0.350. The van der Waals surface area contributed by atoms with Gasteiger partial charge in [0, 0.05) is 24.3 Å². The van der Waals surface area contributed by atoms with Crippen LogP contribution < -0.4 is 4.74 Å². The Kier molecular flexibility index (Phi) is 3.16. The van der Waals surface area contributed by atoms with Gasteiger partial charge < -0.3 is 4.74 Å². The van der Waals surface area contributed by atoms with E-state index in [-0.39, 0.29) is 21.7 Å². The van der Waals surface area contributed by atoms with Crippen LogP contribution in [0.3, 0.4) is 0 Å². The minimum absolute atomic E-state index is 0.0602. The number of hydrogen-bond donors (Lipinski definition) is 0. The second-order valence-electron chi connectivity index (χ2n) is 3.51. The van der Waals surface area contributed by atoms with E-state index in [1.54, 1.807) is 0 Å². The number of alkyl halides is 1. The van der Waals surface area contributed by atoms with E-state index < -0.39 is 11.6 Å². The monoisotopic (exact) mass is 296 g/mol. The molecule has 0 aliphatic heterocycles. The molecule has 0 amide bonds. The molecule has 1 aromatic rings. The third-order valence-corrected chi connectivity index (χ3v) is 3.23. The van der Waals surface area contributed by atoms with Gasteiger partial charge in [0.05, 0.1) is 4.47 Å². The summed E-state index contributed by atoms with van der Waals surface area (Å²) in [4.78, 5) is 0. The van der Waals surface area contributed by atoms with Crippen LogP contribution in [0.25, 0.3) is 0 Å². The number of ether oxygens (including phenoxy) is 1. The van der Waals surface area contributed by atoms with E-state index in [9.17, 15) is 8.78 Å². The van der Waals surface area contributed by atoms with E-state index >= 15 is 0 Å². The second kappa shape index (κ2) is 4.26. The van der Waals surface area contributed by atoms with Crippen molar-refractivity contribution in [2.24, 2.45) is 0 Å². The maximum absolute atomic E-state index is 13.3. The summed E-state index contributed by atoms with van der Waals surface area (Å²) >= 11 is 8.83. The molecule has 1 fully saturated rings. The Morgan fingerprint density at radius 3 is 2.53 bits per heavy atom. The highest BCUT2D eigenvalue weighted by Gasteiger charge is 2.30. The van der Waals surface area contributed by atoms with Gasteiger partial charge >= 0.3 is 0 Å². The molecule has 1 aliphatic carbocycles. The molecule has 1 aliphatic rings. The molecule has 1 saturated carbocycles. The molecule has 82 valence electrons. The van der Waals surface area contributed by atoms with Crippen LogP contribution in [-0.2, 0) is 0 Å². The topological polar surface area (TPSA) is 9.23 Å². The molecule has 5 heteroatoms. The van der Waals surface area contributed by atoms with Crippen LogP contribution in [0.4, 0.5) is 8.78 Å². The quantitative estimate of drug-likeness (QED) is 0.753. The average Bonchev–Trinajstić information content (AvgIpc) is 2.07. The molecular weight excluding hydrogens is 289 g/mol. The fourth-order valence-electron chi connectivity index (χ4n) is 1.41. The van der Waals surface area contributed by atoms with Gasteiger partial charge in [-0.05, 0) is 22.0 Å².